The largest absolute Gasteiger partial charge is 0.497 e. The molecular formula is C18H18N4O2S. The van der Waals surface area contributed by atoms with E-state index in [1.165, 1.54) is 0 Å². The number of nitrogens with one attached hydrogen (secondary N) is 2. The van der Waals surface area contributed by atoms with Gasteiger partial charge in [0.1, 0.15) is 11.6 Å². The van der Waals surface area contributed by atoms with Crippen LogP contribution in [0.4, 0.5) is 0 Å². The van der Waals surface area contributed by atoms with Crippen LogP contribution in [-0.4, -0.2) is 34.3 Å². The first-order chi connectivity index (χ1) is 12.2. The summed E-state index contributed by atoms with van der Waals surface area (Å²) in [4.78, 5) is 12.2. The Balaban J connectivity index is 1.64. The Morgan fingerprint density at radius 3 is 2.60 bits per heavy atom. The topological polar surface area (TPSA) is 71.9 Å². The number of H-pyrrole nitrogens is 1. The Morgan fingerprint density at radius 2 is 1.92 bits per heavy atom. The van der Waals surface area contributed by atoms with Crippen molar-refractivity contribution in [3.05, 3.63) is 70.8 Å². The Morgan fingerprint density at radius 1 is 1.20 bits per heavy atom. The van der Waals surface area contributed by atoms with E-state index in [9.17, 15) is 4.79 Å². The number of carbonyl (C=O) groups is 1. The van der Waals surface area contributed by atoms with Crippen molar-refractivity contribution in [2.45, 2.75) is 6.42 Å². The molecule has 0 unspecified atom stereocenters. The molecule has 0 atom stereocenters. The maximum atomic E-state index is 12.2. The van der Waals surface area contributed by atoms with Crippen molar-refractivity contribution in [3.63, 3.8) is 0 Å². The van der Waals surface area contributed by atoms with Crippen LogP contribution in [0.25, 0.3) is 5.69 Å². The second-order valence-electron chi connectivity index (χ2n) is 5.35. The monoisotopic (exact) mass is 354 g/mol. The van der Waals surface area contributed by atoms with Crippen molar-refractivity contribution in [3.8, 4) is 11.4 Å². The highest BCUT2D eigenvalue weighted by Crippen LogP contribution is 2.12. The molecule has 2 aromatic carbocycles. The summed E-state index contributed by atoms with van der Waals surface area (Å²) in [5.74, 6) is 1.35. The van der Waals surface area contributed by atoms with Gasteiger partial charge in [0, 0.05) is 24.2 Å². The first kappa shape index (κ1) is 16.9. The zero-order valence-electron chi connectivity index (χ0n) is 13.7. The normalized spacial score (nSPS) is 10.4. The molecule has 25 heavy (non-hydrogen) atoms. The second-order valence-corrected chi connectivity index (χ2v) is 5.74. The summed E-state index contributed by atoms with van der Waals surface area (Å²) in [6.45, 7) is 0.456. The SMILES string of the molecule is COc1ccc(C(=O)NCCc2n[nH]c(=S)n2-c2ccccc2)cc1. The van der Waals surface area contributed by atoms with Gasteiger partial charge in [-0.15, -0.1) is 0 Å². The third kappa shape index (κ3) is 3.95. The van der Waals surface area contributed by atoms with Gasteiger partial charge in [0.2, 0.25) is 0 Å². The lowest BCUT2D eigenvalue weighted by atomic mass is 10.2. The molecule has 0 fully saturated rings. The van der Waals surface area contributed by atoms with E-state index in [0.717, 1.165) is 17.3 Å². The van der Waals surface area contributed by atoms with E-state index in [2.05, 4.69) is 15.5 Å². The molecule has 1 aromatic heterocycles. The molecule has 1 amide bonds. The van der Waals surface area contributed by atoms with Gasteiger partial charge in [-0.3, -0.25) is 14.5 Å². The zero-order valence-corrected chi connectivity index (χ0v) is 14.5. The van der Waals surface area contributed by atoms with Gasteiger partial charge in [-0.2, -0.15) is 5.10 Å². The molecule has 0 aliphatic heterocycles. The molecule has 2 N–H and O–H groups in total. The van der Waals surface area contributed by atoms with Gasteiger partial charge >= 0.3 is 0 Å². The van der Waals surface area contributed by atoms with Crippen LogP contribution in [0.2, 0.25) is 0 Å². The standard InChI is InChI=1S/C18H18N4O2S/c1-24-15-9-7-13(8-10-15)17(23)19-12-11-16-20-21-18(25)22(16)14-5-3-2-4-6-14/h2-10H,11-12H2,1H3,(H,19,23)(H,21,25). The van der Waals surface area contributed by atoms with Gasteiger partial charge in [-0.05, 0) is 48.6 Å². The Labute approximate surface area is 150 Å². The molecule has 0 radical (unpaired) electrons. The molecule has 3 rings (SSSR count). The fourth-order valence-corrected chi connectivity index (χ4v) is 2.73. The second kappa shape index (κ2) is 7.76. The van der Waals surface area contributed by atoms with Gasteiger partial charge in [-0.1, -0.05) is 18.2 Å². The minimum absolute atomic E-state index is 0.136. The van der Waals surface area contributed by atoms with Crippen molar-refractivity contribution < 1.29 is 9.53 Å². The number of benzene rings is 2. The van der Waals surface area contributed by atoms with Crippen LogP contribution < -0.4 is 10.1 Å². The predicted molar refractivity (Wildman–Crippen MR) is 97.8 cm³/mol. The van der Waals surface area contributed by atoms with E-state index in [0.29, 0.717) is 23.3 Å². The zero-order chi connectivity index (χ0) is 17.6. The molecule has 128 valence electrons. The van der Waals surface area contributed by atoms with E-state index in [1.54, 1.807) is 31.4 Å². The highest BCUT2D eigenvalue weighted by atomic mass is 32.1. The number of aromatic nitrogens is 3. The minimum atomic E-state index is -0.136. The number of nitrogens with zero attached hydrogens (tertiary/aromatic N) is 2. The fourth-order valence-electron chi connectivity index (χ4n) is 2.47. The summed E-state index contributed by atoms with van der Waals surface area (Å²) < 4.78 is 7.49. The maximum Gasteiger partial charge on any atom is 0.251 e. The van der Waals surface area contributed by atoms with Crippen molar-refractivity contribution in [1.82, 2.24) is 20.1 Å². The lowest BCUT2D eigenvalue weighted by molar-refractivity contribution is 0.0954. The van der Waals surface area contributed by atoms with Crippen LogP contribution in [0.5, 0.6) is 5.75 Å². The van der Waals surface area contributed by atoms with Crippen molar-refractivity contribution in [1.29, 1.82) is 0 Å². The minimum Gasteiger partial charge on any atom is -0.497 e. The molecule has 0 bridgehead atoms. The number of aromatic amines is 1. The summed E-state index contributed by atoms with van der Waals surface area (Å²) >= 11 is 5.30. The van der Waals surface area contributed by atoms with Gasteiger partial charge in [-0.25, -0.2) is 0 Å². The van der Waals surface area contributed by atoms with E-state index in [-0.39, 0.29) is 5.91 Å². The highest BCUT2D eigenvalue weighted by Gasteiger charge is 2.10. The molecule has 7 heteroatoms. The molecule has 0 saturated carbocycles. The lowest BCUT2D eigenvalue weighted by Crippen LogP contribution is -2.26. The van der Waals surface area contributed by atoms with Gasteiger partial charge < -0.3 is 10.1 Å². The quantitative estimate of drug-likeness (QED) is 0.668. The van der Waals surface area contributed by atoms with Gasteiger partial charge in [0.25, 0.3) is 5.91 Å². The number of hydrogen-bond acceptors (Lipinski definition) is 4. The summed E-state index contributed by atoms with van der Waals surface area (Å²) in [5, 5.41) is 9.96. The number of carbonyl (C=O) groups excluding carboxylic acids is 1. The Bertz CT molecular complexity index is 901. The third-order valence-electron chi connectivity index (χ3n) is 3.74. The van der Waals surface area contributed by atoms with Crippen LogP contribution in [0.1, 0.15) is 16.2 Å². The highest BCUT2D eigenvalue weighted by molar-refractivity contribution is 7.71. The molecule has 1 heterocycles. The third-order valence-corrected chi connectivity index (χ3v) is 4.02. The van der Waals surface area contributed by atoms with Gasteiger partial charge in [0.15, 0.2) is 4.77 Å². The average Bonchev–Trinajstić information content (AvgIpc) is 3.03. The Kier molecular flexibility index (Phi) is 5.25. The number of rotatable bonds is 6. The molecule has 3 aromatic rings. The summed E-state index contributed by atoms with van der Waals surface area (Å²) in [6, 6.07) is 16.7. The smallest absolute Gasteiger partial charge is 0.251 e. The molecule has 6 nitrogen and oxygen atoms in total. The Hall–Kier alpha value is -2.93. The van der Waals surface area contributed by atoms with E-state index in [4.69, 9.17) is 17.0 Å². The first-order valence-corrected chi connectivity index (χ1v) is 8.24. The maximum absolute atomic E-state index is 12.2. The van der Waals surface area contributed by atoms with E-state index < -0.39 is 0 Å². The van der Waals surface area contributed by atoms with Gasteiger partial charge in [0.05, 0.1) is 7.11 Å². The number of amides is 1. The van der Waals surface area contributed by atoms with Crippen LogP contribution in [0, 0.1) is 4.77 Å². The summed E-state index contributed by atoms with van der Waals surface area (Å²) in [6.07, 6.45) is 0.559. The number of para-hydroxylation sites is 1. The molecule has 0 aliphatic carbocycles. The number of hydrogen-bond donors (Lipinski definition) is 2. The molecular weight excluding hydrogens is 336 g/mol. The first-order valence-electron chi connectivity index (χ1n) is 7.83. The number of ether oxygens (including phenoxy) is 1. The fraction of sp³-hybridized carbons (Fsp3) is 0.167. The van der Waals surface area contributed by atoms with E-state index >= 15 is 0 Å². The van der Waals surface area contributed by atoms with Crippen LogP contribution in [-0.2, 0) is 6.42 Å². The van der Waals surface area contributed by atoms with Crippen LogP contribution in [0.15, 0.2) is 54.6 Å². The van der Waals surface area contributed by atoms with Crippen LogP contribution in [0.3, 0.4) is 0 Å². The summed E-state index contributed by atoms with van der Waals surface area (Å²) in [5.41, 5.74) is 1.53. The van der Waals surface area contributed by atoms with Crippen molar-refractivity contribution in [2.24, 2.45) is 0 Å². The molecule has 0 aliphatic rings. The lowest BCUT2D eigenvalue weighted by Gasteiger charge is -2.08. The predicted octanol–water partition coefficient (Wildman–Crippen LogP) is 2.91. The average molecular weight is 354 g/mol. The molecule has 0 saturated heterocycles. The van der Waals surface area contributed by atoms with E-state index in [1.807, 2.05) is 34.9 Å². The van der Waals surface area contributed by atoms with Crippen molar-refractivity contribution in [2.75, 3.05) is 13.7 Å². The van der Waals surface area contributed by atoms with Crippen LogP contribution >= 0.6 is 12.2 Å². The summed E-state index contributed by atoms with van der Waals surface area (Å²) in [7, 11) is 1.59. The molecule has 0 spiro atoms. The number of methoxy groups -OCH3 is 1. The van der Waals surface area contributed by atoms with Crippen molar-refractivity contribution >= 4 is 18.1 Å².